The van der Waals surface area contributed by atoms with Gasteiger partial charge in [-0.1, -0.05) is 6.07 Å². The van der Waals surface area contributed by atoms with Crippen LogP contribution in [0.4, 0.5) is 0 Å². The van der Waals surface area contributed by atoms with Gasteiger partial charge in [0.15, 0.2) is 5.82 Å². The van der Waals surface area contributed by atoms with Gasteiger partial charge in [-0.15, -0.1) is 10.2 Å². The second-order valence-electron chi connectivity index (χ2n) is 4.22. The Bertz CT molecular complexity index is 518. The van der Waals surface area contributed by atoms with Crippen LogP contribution in [0.2, 0.25) is 0 Å². The summed E-state index contributed by atoms with van der Waals surface area (Å²) in [5, 5.41) is 11.8. The second kappa shape index (κ2) is 4.58. The summed E-state index contributed by atoms with van der Waals surface area (Å²) in [5.74, 6) is 0.641. The summed E-state index contributed by atoms with van der Waals surface area (Å²) in [7, 11) is 1.73. The lowest BCUT2D eigenvalue weighted by molar-refractivity contribution is 0.620. The first-order valence-electron chi connectivity index (χ1n) is 5.48. The van der Waals surface area contributed by atoms with E-state index in [1.54, 1.807) is 7.05 Å². The zero-order valence-electron chi connectivity index (χ0n) is 10.3. The molecule has 2 aromatic rings. The van der Waals surface area contributed by atoms with Crippen molar-refractivity contribution in [2.75, 3.05) is 0 Å². The average molecular weight is 232 g/mol. The van der Waals surface area contributed by atoms with Crippen LogP contribution in [0.3, 0.4) is 0 Å². The molecule has 2 rings (SSSR count). The zero-order valence-corrected chi connectivity index (χ0v) is 10.3. The van der Waals surface area contributed by atoms with Crippen molar-refractivity contribution in [3.63, 3.8) is 0 Å². The van der Waals surface area contributed by atoms with Gasteiger partial charge in [0.2, 0.25) is 0 Å². The molecular formula is C11H16N6. The van der Waals surface area contributed by atoms with Crippen LogP contribution in [0.1, 0.15) is 28.7 Å². The fraction of sp³-hybridized carbons (Fsp3) is 0.455. The van der Waals surface area contributed by atoms with Crippen molar-refractivity contribution in [2.45, 2.75) is 26.3 Å². The summed E-state index contributed by atoms with van der Waals surface area (Å²) in [6.07, 6.45) is 2.37. The van der Waals surface area contributed by atoms with E-state index in [0.29, 0.717) is 12.2 Å². The van der Waals surface area contributed by atoms with E-state index in [9.17, 15) is 0 Å². The smallest absolute Gasteiger partial charge is 0.176 e. The van der Waals surface area contributed by atoms with Crippen molar-refractivity contribution in [1.82, 2.24) is 25.2 Å². The van der Waals surface area contributed by atoms with Gasteiger partial charge in [-0.2, -0.15) is 4.80 Å². The predicted octanol–water partition coefficient (Wildman–Crippen LogP) is 0.464. The lowest BCUT2D eigenvalue weighted by Gasteiger charge is -2.11. The molecule has 2 N–H and O–H groups in total. The third-order valence-corrected chi connectivity index (χ3v) is 2.56. The molecule has 0 aromatic carbocycles. The molecule has 2 aromatic heterocycles. The van der Waals surface area contributed by atoms with Crippen molar-refractivity contribution in [1.29, 1.82) is 0 Å². The summed E-state index contributed by atoms with van der Waals surface area (Å²) in [5.41, 5.74) is 9.23. The quantitative estimate of drug-likeness (QED) is 0.831. The molecule has 0 fully saturated rings. The number of nitrogens with two attached hydrogens (primary N) is 1. The Morgan fingerprint density at radius 3 is 2.76 bits per heavy atom. The highest BCUT2D eigenvalue weighted by atomic mass is 15.6. The summed E-state index contributed by atoms with van der Waals surface area (Å²) in [4.78, 5) is 5.80. The number of aromatic nitrogens is 5. The zero-order chi connectivity index (χ0) is 12.4. The van der Waals surface area contributed by atoms with Gasteiger partial charge in [-0.25, -0.2) is 0 Å². The van der Waals surface area contributed by atoms with Crippen LogP contribution >= 0.6 is 0 Å². The molecule has 0 aliphatic heterocycles. The predicted molar refractivity (Wildman–Crippen MR) is 63.1 cm³/mol. The minimum atomic E-state index is -0.195. The molecule has 6 heteroatoms. The molecule has 0 saturated heterocycles. The first-order chi connectivity index (χ1) is 8.06. The van der Waals surface area contributed by atoms with E-state index in [0.717, 1.165) is 16.8 Å². The van der Waals surface area contributed by atoms with Gasteiger partial charge in [-0.05, 0) is 30.2 Å². The maximum absolute atomic E-state index is 6.11. The lowest BCUT2D eigenvalue weighted by Crippen LogP contribution is -2.17. The largest absolute Gasteiger partial charge is 0.322 e. The van der Waals surface area contributed by atoms with Gasteiger partial charge in [0, 0.05) is 12.6 Å². The number of pyridine rings is 1. The van der Waals surface area contributed by atoms with Crippen molar-refractivity contribution < 1.29 is 0 Å². The van der Waals surface area contributed by atoms with E-state index < -0.39 is 0 Å². The minimum Gasteiger partial charge on any atom is -0.322 e. The van der Waals surface area contributed by atoms with Crippen molar-refractivity contribution in [3.8, 4) is 0 Å². The molecule has 1 atom stereocenters. The Labute approximate surface area is 99.9 Å². The topological polar surface area (TPSA) is 82.5 Å². The lowest BCUT2D eigenvalue weighted by atomic mass is 10.0. The van der Waals surface area contributed by atoms with Crippen LogP contribution in [0.15, 0.2) is 12.3 Å². The number of tetrazole rings is 1. The Morgan fingerprint density at radius 2 is 2.18 bits per heavy atom. The van der Waals surface area contributed by atoms with Gasteiger partial charge in [0.05, 0.1) is 18.8 Å². The molecule has 0 spiro atoms. The van der Waals surface area contributed by atoms with Crippen LogP contribution in [0.25, 0.3) is 0 Å². The van der Waals surface area contributed by atoms with Crippen LogP contribution in [-0.4, -0.2) is 25.2 Å². The summed E-state index contributed by atoms with van der Waals surface area (Å²) in [6.45, 7) is 4.03. The van der Waals surface area contributed by atoms with E-state index in [-0.39, 0.29) is 6.04 Å². The Kier molecular flexibility index (Phi) is 3.14. The van der Waals surface area contributed by atoms with E-state index in [1.807, 2.05) is 20.0 Å². The molecular weight excluding hydrogens is 216 g/mol. The maximum Gasteiger partial charge on any atom is 0.176 e. The molecule has 0 bridgehead atoms. The normalized spacial score (nSPS) is 12.7. The molecule has 17 heavy (non-hydrogen) atoms. The number of hydrogen-bond acceptors (Lipinski definition) is 5. The highest BCUT2D eigenvalue weighted by Gasteiger charge is 2.14. The third-order valence-electron chi connectivity index (χ3n) is 2.56. The number of nitrogens with zero attached hydrogens (tertiary/aromatic N) is 5. The molecule has 0 saturated carbocycles. The van der Waals surface area contributed by atoms with Crippen LogP contribution in [0.5, 0.6) is 0 Å². The Morgan fingerprint density at radius 1 is 1.41 bits per heavy atom. The fourth-order valence-corrected chi connectivity index (χ4v) is 1.81. The Hall–Kier alpha value is -1.82. The fourth-order valence-electron chi connectivity index (χ4n) is 1.81. The number of aryl methyl sites for hydroxylation is 3. The number of hydrogen-bond donors (Lipinski definition) is 1. The summed E-state index contributed by atoms with van der Waals surface area (Å²) < 4.78 is 0. The van der Waals surface area contributed by atoms with Crippen LogP contribution in [0, 0.1) is 13.8 Å². The first kappa shape index (κ1) is 11.7. The molecule has 0 aliphatic rings. The van der Waals surface area contributed by atoms with E-state index in [1.165, 1.54) is 4.80 Å². The van der Waals surface area contributed by atoms with Gasteiger partial charge >= 0.3 is 0 Å². The average Bonchev–Trinajstić information content (AvgIpc) is 2.63. The van der Waals surface area contributed by atoms with Crippen LogP contribution in [-0.2, 0) is 13.5 Å². The third kappa shape index (κ3) is 2.65. The van der Waals surface area contributed by atoms with Gasteiger partial charge in [0.1, 0.15) is 0 Å². The van der Waals surface area contributed by atoms with E-state index in [2.05, 4.69) is 26.5 Å². The van der Waals surface area contributed by atoms with Crippen molar-refractivity contribution in [2.24, 2.45) is 12.8 Å². The van der Waals surface area contributed by atoms with Gasteiger partial charge < -0.3 is 5.73 Å². The van der Waals surface area contributed by atoms with Crippen molar-refractivity contribution >= 4 is 0 Å². The summed E-state index contributed by atoms with van der Waals surface area (Å²) >= 11 is 0. The minimum absolute atomic E-state index is 0.195. The summed E-state index contributed by atoms with van der Waals surface area (Å²) in [6, 6.07) is 1.88. The second-order valence-corrected chi connectivity index (χ2v) is 4.22. The standard InChI is InChI=1S/C11H16N6/c1-7-4-8(2)11(13-6-7)9(12)5-10-14-16-17(3)15-10/h4,6,9H,5,12H2,1-3H3. The molecule has 0 aliphatic carbocycles. The van der Waals surface area contributed by atoms with E-state index >= 15 is 0 Å². The van der Waals surface area contributed by atoms with Gasteiger partial charge in [-0.3, -0.25) is 4.98 Å². The van der Waals surface area contributed by atoms with Gasteiger partial charge in [0.25, 0.3) is 0 Å². The monoisotopic (exact) mass is 232 g/mol. The maximum atomic E-state index is 6.11. The SMILES string of the molecule is Cc1cnc(C(N)Cc2nnn(C)n2)c(C)c1. The van der Waals surface area contributed by atoms with E-state index in [4.69, 9.17) is 5.73 Å². The molecule has 0 radical (unpaired) electrons. The highest BCUT2D eigenvalue weighted by Crippen LogP contribution is 2.16. The van der Waals surface area contributed by atoms with Crippen LogP contribution < -0.4 is 5.73 Å². The first-order valence-corrected chi connectivity index (χ1v) is 5.48. The molecule has 90 valence electrons. The molecule has 1 unspecified atom stereocenters. The Balaban J connectivity index is 2.17. The van der Waals surface area contributed by atoms with Crippen molar-refractivity contribution in [3.05, 3.63) is 34.9 Å². The molecule has 6 nitrogen and oxygen atoms in total. The highest BCUT2D eigenvalue weighted by molar-refractivity contribution is 5.25. The molecule has 2 heterocycles. The molecule has 0 amide bonds. The number of rotatable bonds is 3.